The Bertz CT molecular complexity index is 334. The molecule has 1 aliphatic heterocycles. The van der Waals surface area contributed by atoms with E-state index >= 15 is 0 Å². The van der Waals surface area contributed by atoms with Gasteiger partial charge in [0.05, 0.1) is 5.69 Å². The quantitative estimate of drug-likeness (QED) is 0.621. The summed E-state index contributed by atoms with van der Waals surface area (Å²) in [5.41, 5.74) is 7.86. The molecule has 0 aliphatic carbocycles. The van der Waals surface area contributed by atoms with E-state index < -0.39 is 0 Å². The highest BCUT2D eigenvalue weighted by Crippen LogP contribution is 2.20. The lowest BCUT2D eigenvalue weighted by molar-refractivity contribution is 0.757. The molecule has 0 amide bonds. The molecule has 0 unspecified atom stereocenters. The van der Waals surface area contributed by atoms with Crippen LogP contribution < -0.4 is 16.0 Å². The predicted octanol–water partition coefficient (Wildman–Crippen LogP) is -0.272. The normalized spacial score (nSPS) is 14.3. The van der Waals surface area contributed by atoms with Crippen molar-refractivity contribution in [1.29, 1.82) is 0 Å². The van der Waals surface area contributed by atoms with Crippen LogP contribution in [-0.2, 0) is 13.1 Å². The molecule has 0 spiro atoms. The molecule has 13 heavy (non-hydrogen) atoms. The van der Waals surface area contributed by atoms with E-state index in [-0.39, 0.29) is 0 Å². The summed E-state index contributed by atoms with van der Waals surface area (Å²) in [6.45, 7) is 1.58. The van der Waals surface area contributed by atoms with Crippen LogP contribution in [0.15, 0.2) is 0 Å². The van der Waals surface area contributed by atoms with Crippen LogP contribution in [0.4, 0.5) is 11.8 Å². The summed E-state index contributed by atoms with van der Waals surface area (Å²) in [5, 5.41) is 3.19. The van der Waals surface area contributed by atoms with Crippen LogP contribution in [0.25, 0.3) is 0 Å². The van der Waals surface area contributed by atoms with Crippen LogP contribution in [-0.4, -0.2) is 24.1 Å². The number of nitrogens with zero attached hydrogens (tertiary/aromatic N) is 3. The third-order valence-electron chi connectivity index (χ3n) is 2.11. The van der Waals surface area contributed by atoms with Crippen molar-refractivity contribution >= 4 is 11.8 Å². The third-order valence-corrected chi connectivity index (χ3v) is 2.11. The Labute approximate surface area is 77.0 Å². The highest BCUT2D eigenvalue weighted by Gasteiger charge is 2.17. The van der Waals surface area contributed by atoms with Gasteiger partial charge in [0.15, 0.2) is 0 Å². The van der Waals surface area contributed by atoms with E-state index in [1.165, 1.54) is 0 Å². The standard InChI is InChI=1S/C8H13N5/c1-13(2)8-11-6-4-10-3-5(6)7(9)12-8/h10H,3-4H2,1-2H3,(H2,9,11,12). The summed E-state index contributed by atoms with van der Waals surface area (Å²) in [7, 11) is 3.81. The molecule has 0 fully saturated rings. The van der Waals surface area contributed by atoms with E-state index in [2.05, 4.69) is 15.3 Å². The van der Waals surface area contributed by atoms with Gasteiger partial charge >= 0.3 is 0 Å². The van der Waals surface area contributed by atoms with Crippen molar-refractivity contribution in [2.75, 3.05) is 24.7 Å². The molecule has 0 bridgehead atoms. The van der Waals surface area contributed by atoms with Crippen molar-refractivity contribution in [3.63, 3.8) is 0 Å². The summed E-state index contributed by atoms with van der Waals surface area (Å²) in [6, 6.07) is 0. The molecule has 5 nitrogen and oxygen atoms in total. The average Bonchev–Trinajstić information content (AvgIpc) is 2.51. The number of fused-ring (bicyclic) bond motifs is 1. The first-order valence-electron chi connectivity index (χ1n) is 4.22. The van der Waals surface area contributed by atoms with Crippen LogP contribution >= 0.6 is 0 Å². The summed E-state index contributed by atoms with van der Waals surface area (Å²) in [4.78, 5) is 10.4. The first-order valence-corrected chi connectivity index (χ1v) is 4.22. The molecule has 0 saturated heterocycles. The second-order valence-electron chi connectivity index (χ2n) is 3.33. The maximum absolute atomic E-state index is 5.79. The molecule has 2 rings (SSSR count). The molecule has 0 aromatic carbocycles. The summed E-state index contributed by atoms with van der Waals surface area (Å²) in [6.07, 6.45) is 0. The molecular formula is C8H13N5. The van der Waals surface area contributed by atoms with Gasteiger partial charge in [0.1, 0.15) is 5.82 Å². The number of hydrogen-bond donors (Lipinski definition) is 2. The molecule has 0 saturated carbocycles. The van der Waals surface area contributed by atoms with E-state index in [9.17, 15) is 0 Å². The molecule has 0 radical (unpaired) electrons. The Kier molecular flexibility index (Phi) is 1.81. The van der Waals surface area contributed by atoms with Crippen LogP contribution in [0.3, 0.4) is 0 Å². The molecule has 1 aromatic heterocycles. The zero-order valence-corrected chi connectivity index (χ0v) is 7.83. The zero-order chi connectivity index (χ0) is 9.42. The van der Waals surface area contributed by atoms with Gasteiger partial charge < -0.3 is 16.0 Å². The summed E-state index contributed by atoms with van der Waals surface area (Å²) >= 11 is 0. The molecule has 1 aromatic rings. The van der Waals surface area contributed by atoms with E-state index in [1.54, 1.807) is 0 Å². The van der Waals surface area contributed by atoms with Crippen LogP contribution in [0.2, 0.25) is 0 Å². The van der Waals surface area contributed by atoms with E-state index in [0.717, 1.165) is 24.3 Å². The Morgan fingerprint density at radius 3 is 2.77 bits per heavy atom. The zero-order valence-electron chi connectivity index (χ0n) is 7.83. The highest BCUT2D eigenvalue weighted by molar-refractivity contribution is 5.49. The van der Waals surface area contributed by atoms with Crippen molar-refractivity contribution < 1.29 is 0 Å². The van der Waals surface area contributed by atoms with Gasteiger partial charge in [0.25, 0.3) is 0 Å². The number of anilines is 2. The molecule has 2 heterocycles. The van der Waals surface area contributed by atoms with Crippen LogP contribution in [0, 0.1) is 0 Å². The highest BCUT2D eigenvalue weighted by atomic mass is 15.2. The van der Waals surface area contributed by atoms with Gasteiger partial charge in [0, 0.05) is 32.7 Å². The fourth-order valence-electron chi connectivity index (χ4n) is 1.38. The monoisotopic (exact) mass is 179 g/mol. The lowest BCUT2D eigenvalue weighted by atomic mass is 10.2. The topological polar surface area (TPSA) is 67.1 Å². The van der Waals surface area contributed by atoms with Gasteiger partial charge in [0.2, 0.25) is 5.95 Å². The van der Waals surface area contributed by atoms with E-state index in [1.807, 2.05) is 19.0 Å². The molecule has 70 valence electrons. The van der Waals surface area contributed by atoms with Crippen molar-refractivity contribution in [2.24, 2.45) is 0 Å². The Morgan fingerprint density at radius 2 is 2.08 bits per heavy atom. The average molecular weight is 179 g/mol. The molecule has 3 N–H and O–H groups in total. The SMILES string of the molecule is CN(C)c1nc(N)c2c(n1)CNC2. The number of rotatable bonds is 1. The minimum Gasteiger partial charge on any atom is -0.383 e. The molecule has 5 heteroatoms. The van der Waals surface area contributed by atoms with Crippen molar-refractivity contribution in [3.8, 4) is 0 Å². The van der Waals surface area contributed by atoms with E-state index in [0.29, 0.717) is 11.8 Å². The molecular weight excluding hydrogens is 166 g/mol. The van der Waals surface area contributed by atoms with Gasteiger partial charge in [-0.25, -0.2) is 4.98 Å². The van der Waals surface area contributed by atoms with Crippen LogP contribution in [0.1, 0.15) is 11.3 Å². The van der Waals surface area contributed by atoms with Crippen molar-refractivity contribution in [2.45, 2.75) is 13.1 Å². The number of aromatic nitrogens is 2. The fourth-order valence-corrected chi connectivity index (χ4v) is 1.38. The second-order valence-corrected chi connectivity index (χ2v) is 3.33. The largest absolute Gasteiger partial charge is 0.383 e. The first-order chi connectivity index (χ1) is 6.18. The number of nitrogen functional groups attached to an aromatic ring is 1. The smallest absolute Gasteiger partial charge is 0.227 e. The summed E-state index contributed by atoms with van der Waals surface area (Å²) < 4.78 is 0. The lowest BCUT2D eigenvalue weighted by Crippen LogP contribution is -2.15. The van der Waals surface area contributed by atoms with Gasteiger partial charge in [-0.05, 0) is 0 Å². The van der Waals surface area contributed by atoms with Crippen molar-refractivity contribution in [1.82, 2.24) is 15.3 Å². The maximum atomic E-state index is 5.79. The minimum absolute atomic E-state index is 0.596. The predicted molar refractivity (Wildman–Crippen MR) is 51.3 cm³/mol. The van der Waals surface area contributed by atoms with E-state index in [4.69, 9.17) is 5.73 Å². The first kappa shape index (κ1) is 8.25. The van der Waals surface area contributed by atoms with Gasteiger partial charge in [-0.15, -0.1) is 0 Å². The number of hydrogen-bond acceptors (Lipinski definition) is 5. The number of nitrogens with one attached hydrogen (secondary N) is 1. The maximum Gasteiger partial charge on any atom is 0.227 e. The second kappa shape index (κ2) is 2.85. The van der Waals surface area contributed by atoms with Gasteiger partial charge in [-0.3, -0.25) is 0 Å². The third kappa shape index (κ3) is 1.31. The minimum atomic E-state index is 0.596. The Hall–Kier alpha value is -1.36. The lowest BCUT2D eigenvalue weighted by Gasteiger charge is -2.12. The van der Waals surface area contributed by atoms with Crippen molar-refractivity contribution in [3.05, 3.63) is 11.3 Å². The molecule has 1 aliphatic rings. The molecule has 0 atom stereocenters. The Balaban J connectivity index is 2.49. The van der Waals surface area contributed by atoms with Gasteiger partial charge in [-0.2, -0.15) is 4.98 Å². The van der Waals surface area contributed by atoms with Crippen LogP contribution in [0.5, 0.6) is 0 Å². The Morgan fingerprint density at radius 1 is 1.31 bits per heavy atom. The number of nitrogens with two attached hydrogens (primary N) is 1. The van der Waals surface area contributed by atoms with Gasteiger partial charge in [-0.1, -0.05) is 0 Å². The fraction of sp³-hybridized carbons (Fsp3) is 0.500. The summed E-state index contributed by atoms with van der Waals surface area (Å²) in [5.74, 6) is 1.28.